The van der Waals surface area contributed by atoms with E-state index in [1.54, 1.807) is 10.4 Å². The van der Waals surface area contributed by atoms with Crippen molar-refractivity contribution in [3.8, 4) is 0 Å². The van der Waals surface area contributed by atoms with Gasteiger partial charge in [-0.05, 0) is 13.8 Å². The standard InChI is InChI=1S/C19H27Si.3ClH.Ti/c1-12-9-13(2)11-18(10-12)20(7,8)19-16(5)14(3)15(4)17(19)6;;;;/h9-11H,1-8H3;3*1H;/q-1;;;;+4/p-3. The molecular weight excluding hydrogens is 411 g/mol. The van der Waals surface area contributed by atoms with Gasteiger partial charge < -0.3 is 37.2 Å². The van der Waals surface area contributed by atoms with Crippen LogP contribution < -0.4 is 47.6 Å². The molecule has 0 nitrogen and oxygen atoms in total. The Morgan fingerprint density at radius 1 is 0.667 bits per heavy atom. The molecular formula is C19H27Cl3SiTi. The van der Waals surface area contributed by atoms with Crippen LogP contribution in [0.2, 0.25) is 13.1 Å². The molecule has 0 heterocycles. The van der Waals surface area contributed by atoms with Crippen molar-refractivity contribution in [3.63, 3.8) is 0 Å². The second-order valence-electron chi connectivity index (χ2n) is 6.88. The van der Waals surface area contributed by atoms with Gasteiger partial charge in [0.25, 0.3) is 0 Å². The molecule has 0 atom stereocenters. The first-order valence-corrected chi connectivity index (χ1v) is 10.5. The molecule has 0 aliphatic carbocycles. The minimum atomic E-state index is -1.62. The molecule has 2 rings (SSSR count). The average Bonchev–Trinajstić information content (AvgIpc) is 2.53. The van der Waals surface area contributed by atoms with E-state index >= 15 is 0 Å². The Morgan fingerprint density at radius 3 is 1.33 bits per heavy atom. The minimum Gasteiger partial charge on any atom is -1.00 e. The van der Waals surface area contributed by atoms with E-state index in [9.17, 15) is 0 Å². The van der Waals surface area contributed by atoms with Crippen LogP contribution in [0.3, 0.4) is 0 Å². The number of benzene rings is 1. The maximum atomic E-state index is 2.50. The monoisotopic (exact) mass is 436 g/mol. The van der Waals surface area contributed by atoms with Crippen LogP contribution in [0.5, 0.6) is 0 Å². The van der Waals surface area contributed by atoms with Gasteiger partial charge in [-0.25, -0.2) is 0 Å². The molecule has 0 unspecified atom stereocenters. The van der Waals surface area contributed by atoms with Crippen LogP contribution in [0.1, 0.15) is 33.4 Å². The van der Waals surface area contributed by atoms with Gasteiger partial charge in [-0.2, -0.15) is 22.3 Å². The Morgan fingerprint density at radius 2 is 1.00 bits per heavy atom. The molecule has 0 bridgehead atoms. The van der Waals surface area contributed by atoms with Gasteiger partial charge in [-0.15, -0.1) is 5.19 Å². The van der Waals surface area contributed by atoms with Gasteiger partial charge in [0.2, 0.25) is 0 Å². The molecule has 132 valence electrons. The smallest absolute Gasteiger partial charge is 1.00 e. The van der Waals surface area contributed by atoms with E-state index < -0.39 is 8.07 Å². The molecule has 0 aliphatic rings. The van der Waals surface area contributed by atoms with Gasteiger partial charge >= 0.3 is 21.7 Å². The van der Waals surface area contributed by atoms with Gasteiger partial charge in [0, 0.05) is 0 Å². The normalized spacial score (nSPS) is 10.0. The summed E-state index contributed by atoms with van der Waals surface area (Å²) < 4.78 is 0. The van der Waals surface area contributed by atoms with Crippen molar-refractivity contribution >= 4 is 18.4 Å². The van der Waals surface area contributed by atoms with Gasteiger partial charge in [-0.3, -0.25) is 0 Å². The first kappa shape index (κ1) is 29.1. The average molecular weight is 438 g/mol. The molecule has 2 aromatic carbocycles. The van der Waals surface area contributed by atoms with Crippen molar-refractivity contribution in [3.05, 3.63) is 51.6 Å². The largest absolute Gasteiger partial charge is 4.00 e. The number of aryl methyl sites for hydroxylation is 2. The first-order valence-electron chi connectivity index (χ1n) is 7.48. The summed E-state index contributed by atoms with van der Waals surface area (Å²) in [6.07, 6.45) is 0. The number of rotatable bonds is 2. The SMILES string of the molecule is Cc1cc(C)cc([Si](C)(C)[c-]2c(C)c(C)c(C)c2C)c1.[Cl-].[Cl-].[Cl-].[Ti+4]. The Balaban J connectivity index is -0.00000110. The zero-order valence-corrected chi connectivity index (χ0v) is 20.7. The number of hydrogen-bond donors (Lipinski definition) is 0. The maximum absolute atomic E-state index is 2.50. The molecule has 0 spiro atoms. The second-order valence-corrected chi connectivity index (χ2v) is 11.2. The molecule has 0 saturated heterocycles. The first-order chi connectivity index (χ1) is 9.16. The summed E-state index contributed by atoms with van der Waals surface area (Å²) in [5.41, 5.74) is 8.79. The van der Waals surface area contributed by atoms with Crippen LogP contribution in [0.4, 0.5) is 0 Å². The van der Waals surface area contributed by atoms with Crippen molar-refractivity contribution in [2.75, 3.05) is 0 Å². The number of hydrogen-bond acceptors (Lipinski definition) is 0. The third-order valence-corrected chi connectivity index (χ3v) is 8.74. The summed E-state index contributed by atoms with van der Waals surface area (Å²) in [4.78, 5) is 0. The summed E-state index contributed by atoms with van der Waals surface area (Å²) >= 11 is 0. The van der Waals surface area contributed by atoms with Crippen molar-refractivity contribution < 1.29 is 58.9 Å². The van der Waals surface area contributed by atoms with Gasteiger partial charge in [0.15, 0.2) is 0 Å². The summed E-state index contributed by atoms with van der Waals surface area (Å²) in [5, 5.41) is 3.21. The van der Waals surface area contributed by atoms with E-state index in [4.69, 9.17) is 0 Å². The molecule has 24 heavy (non-hydrogen) atoms. The topological polar surface area (TPSA) is 0 Å². The van der Waals surface area contributed by atoms with Crippen LogP contribution in [-0.2, 0) is 21.7 Å². The van der Waals surface area contributed by atoms with Crippen molar-refractivity contribution in [1.29, 1.82) is 0 Å². The summed E-state index contributed by atoms with van der Waals surface area (Å²) in [5.74, 6) is 0. The third kappa shape index (κ3) is 5.19. The Labute approximate surface area is 182 Å². The fourth-order valence-electron chi connectivity index (χ4n) is 3.64. The van der Waals surface area contributed by atoms with E-state index in [0.717, 1.165) is 0 Å². The molecule has 2 aromatic rings. The van der Waals surface area contributed by atoms with Gasteiger partial charge in [0.1, 0.15) is 0 Å². The maximum Gasteiger partial charge on any atom is 4.00 e. The van der Waals surface area contributed by atoms with E-state index in [0.29, 0.717) is 0 Å². The predicted octanol–water partition coefficient (Wildman–Crippen LogP) is -4.91. The van der Waals surface area contributed by atoms with E-state index in [1.807, 2.05) is 0 Å². The van der Waals surface area contributed by atoms with Crippen LogP contribution in [0.25, 0.3) is 0 Å². The minimum absolute atomic E-state index is 0. The molecule has 0 amide bonds. The summed E-state index contributed by atoms with van der Waals surface area (Å²) in [6, 6.07) is 7.07. The zero-order valence-electron chi connectivity index (χ0n) is 15.9. The second kappa shape index (κ2) is 10.5. The van der Waals surface area contributed by atoms with E-state index in [2.05, 4.69) is 72.8 Å². The van der Waals surface area contributed by atoms with Crippen LogP contribution in [0, 0.1) is 41.5 Å². The fourth-order valence-corrected chi connectivity index (χ4v) is 7.35. The Hall–Kier alpha value is 0.371. The summed E-state index contributed by atoms with van der Waals surface area (Å²) in [7, 11) is -1.62. The van der Waals surface area contributed by atoms with Gasteiger partial charge in [-0.1, -0.05) is 75.3 Å². The molecule has 0 saturated carbocycles. The molecule has 5 heteroatoms. The number of halogens is 3. The Bertz CT molecular complexity index is 630. The third-order valence-electron chi connectivity index (χ3n) is 5.01. The molecule has 0 fully saturated rings. The van der Waals surface area contributed by atoms with Crippen molar-refractivity contribution in [2.24, 2.45) is 0 Å². The van der Waals surface area contributed by atoms with Crippen LogP contribution in [0.15, 0.2) is 18.2 Å². The molecule has 0 aliphatic heterocycles. The fraction of sp³-hybridized carbons (Fsp3) is 0.421. The van der Waals surface area contributed by atoms with Crippen molar-refractivity contribution in [1.82, 2.24) is 0 Å². The van der Waals surface area contributed by atoms with E-state index in [1.165, 1.54) is 33.4 Å². The van der Waals surface area contributed by atoms with Gasteiger partial charge in [0.05, 0.1) is 8.07 Å². The predicted molar refractivity (Wildman–Crippen MR) is 93.6 cm³/mol. The zero-order chi connectivity index (χ0) is 15.2. The van der Waals surface area contributed by atoms with Crippen LogP contribution >= 0.6 is 0 Å². The van der Waals surface area contributed by atoms with E-state index in [-0.39, 0.29) is 58.9 Å². The molecule has 0 aromatic heterocycles. The Kier molecular flexibility index (Phi) is 12.8. The molecule has 0 radical (unpaired) electrons. The van der Waals surface area contributed by atoms with Crippen molar-refractivity contribution in [2.45, 2.75) is 54.6 Å². The summed E-state index contributed by atoms with van der Waals surface area (Å²) in [6.45, 7) is 18.6. The van der Waals surface area contributed by atoms with Crippen LogP contribution in [-0.4, -0.2) is 8.07 Å². The molecule has 0 N–H and O–H groups in total. The quantitative estimate of drug-likeness (QED) is 0.326.